The monoisotopic (exact) mass is 413 g/mol. The molecule has 0 saturated carbocycles. The zero-order valence-corrected chi connectivity index (χ0v) is 17.1. The fraction of sp³-hybridized carbons (Fsp3) is 0.208. The molecule has 1 amide bonds. The number of carbonyl (C=O) groups is 1. The highest BCUT2D eigenvalue weighted by atomic mass is 16.5. The van der Waals surface area contributed by atoms with E-state index in [1.807, 2.05) is 30.3 Å². The molecule has 1 aliphatic heterocycles. The molecule has 3 N–H and O–H groups in total. The molecule has 1 saturated heterocycles. The van der Waals surface area contributed by atoms with E-state index in [1.165, 1.54) is 0 Å². The Labute approximate surface area is 181 Å². The molecule has 0 spiro atoms. The molecule has 3 unspecified atom stereocenters. The van der Waals surface area contributed by atoms with Crippen molar-refractivity contribution in [2.24, 2.45) is 5.92 Å². The second kappa shape index (κ2) is 9.39. The molecule has 0 radical (unpaired) electrons. The summed E-state index contributed by atoms with van der Waals surface area (Å²) in [6.45, 7) is 2.34. The third-order valence-corrected chi connectivity index (χ3v) is 5.43. The van der Waals surface area contributed by atoms with Gasteiger partial charge in [-0.15, -0.1) is 0 Å². The number of hydrazine groups is 1. The predicted octanol–water partition coefficient (Wildman–Crippen LogP) is 3.07. The van der Waals surface area contributed by atoms with Crippen molar-refractivity contribution in [1.29, 1.82) is 5.26 Å². The van der Waals surface area contributed by atoms with Crippen LogP contribution in [0.4, 0.5) is 0 Å². The van der Waals surface area contributed by atoms with Crippen LogP contribution in [0.15, 0.2) is 73.1 Å². The standard InChI is InChI=1S/C24H23N5O2/c1-16-22(17-9-11-26-12-10-17)28-29-23(16)27-24(30)18-7-4-8-21(13-18)31-15-20-6-3-2-5-19(20)14-25/h2-13,16,22-23,28-29H,15H2,1H3,(H,27,30). The molecular weight excluding hydrogens is 390 g/mol. The van der Waals surface area contributed by atoms with Crippen LogP contribution < -0.4 is 20.9 Å². The van der Waals surface area contributed by atoms with Gasteiger partial charge in [0.2, 0.25) is 0 Å². The highest BCUT2D eigenvalue weighted by Gasteiger charge is 2.34. The average molecular weight is 413 g/mol. The maximum atomic E-state index is 12.8. The molecule has 7 nitrogen and oxygen atoms in total. The Morgan fingerprint density at radius 2 is 1.94 bits per heavy atom. The minimum absolute atomic E-state index is 0.0724. The Balaban J connectivity index is 1.39. The van der Waals surface area contributed by atoms with E-state index in [0.717, 1.165) is 11.1 Å². The quantitative estimate of drug-likeness (QED) is 0.574. The van der Waals surface area contributed by atoms with Crippen LogP contribution in [0.25, 0.3) is 0 Å². The molecule has 156 valence electrons. The first-order chi connectivity index (χ1) is 15.2. The number of nitrogens with zero attached hydrogens (tertiary/aromatic N) is 2. The minimum atomic E-state index is -0.224. The lowest BCUT2D eigenvalue weighted by Crippen LogP contribution is -2.46. The first kappa shape index (κ1) is 20.5. The second-order valence-electron chi connectivity index (χ2n) is 7.44. The summed E-state index contributed by atoms with van der Waals surface area (Å²) in [5, 5.41) is 12.2. The SMILES string of the molecule is CC1C(NC(=O)c2cccc(OCc3ccccc3C#N)c2)NNC1c1ccncc1. The molecule has 1 aliphatic rings. The fourth-order valence-corrected chi connectivity index (χ4v) is 3.63. The summed E-state index contributed by atoms with van der Waals surface area (Å²) in [4.78, 5) is 16.9. The van der Waals surface area contributed by atoms with Gasteiger partial charge in [0.05, 0.1) is 23.8 Å². The van der Waals surface area contributed by atoms with E-state index in [9.17, 15) is 10.1 Å². The van der Waals surface area contributed by atoms with Crippen LogP contribution in [0.2, 0.25) is 0 Å². The molecule has 0 aliphatic carbocycles. The molecule has 3 aromatic rings. The molecule has 1 fully saturated rings. The molecule has 7 heteroatoms. The first-order valence-electron chi connectivity index (χ1n) is 10.1. The van der Waals surface area contributed by atoms with Crippen LogP contribution in [0, 0.1) is 17.2 Å². The topological polar surface area (TPSA) is 99.1 Å². The predicted molar refractivity (Wildman–Crippen MR) is 116 cm³/mol. The number of nitrogens with one attached hydrogen (secondary N) is 3. The van der Waals surface area contributed by atoms with E-state index < -0.39 is 0 Å². The van der Waals surface area contributed by atoms with E-state index in [0.29, 0.717) is 16.9 Å². The number of aromatic nitrogens is 1. The van der Waals surface area contributed by atoms with E-state index in [-0.39, 0.29) is 30.6 Å². The van der Waals surface area contributed by atoms with Gasteiger partial charge in [-0.25, -0.2) is 10.9 Å². The van der Waals surface area contributed by atoms with Gasteiger partial charge in [0, 0.05) is 29.4 Å². The Bertz CT molecular complexity index is 1100. The van der Waals surface area contributed by atoms with E-state index in [2.05, 4.69) is 34.1 Å². The summed E-state index contributed by atoms with van der Waals surface area (Å²) in [5.74, 6) is 0.512. The second-order valence-corrected chi connectivity index (χ2v) is 7.44. The van der Waals surface area contributed by atoms with Crippen LogP contribution in [0.3, 0.4) is 0 Å². The summed E-state index contributed by atoms with van der Waals surface area (Å²) in [5.41, 5.74) is 9.41. The highest BCUT2D eigenvalue weighted by Crippen LogP contribution is 2.27. The average Bonchev–Trinajstić information content (AvgIpc) is 3.18. The zero-order chi connectivity index (χ0) is 21.6. The van der Waals surface area contributed by atoms with Gasteiger partial charge >= 0.3 is 0 Å². The van der Waals surface area contributed by atoms with Crippen molar-refractivity contribution in [3.8, 4) is 11.8 Å². The Morgan fingerprint density at radius 3 is 2.74 bits per heavy atom. The first-order valence-corrected chi connectivity index (χ1v) is 10.1. The van der Waals surface area contributed by atoms with Crippen LogP contribution in [-0.4, -0.2) is 17.1 Å². The molecule has 2 heterocycles. The lowest BCUT2D eigenvalue weighted by Gasteiger charge is -2.20. The summed E-state index contributed by atoms with van der Waals surface area (Å²) < 4.78 is 5.83. The van der Waals surface area contributed by atoms with Gasteiger partial charge < -0.3 is 10.1 Å². The van der Waals surface area contributed by atoms with Gasteiger partial charge in [-0.3, -0.25) is 9.78 Å². The number of nitriles is 1. The number of pyridine rings is 1. The third kappa shape index (κ3) is 4.72. The van der Waals surface area contributed by atoms with Crippen LogP contribution in [-0.2, 0) is 6.61 Å². The van der Waals surface area contributed by atoms with Crippen molar-refractivity contribution in [1.82, 2.24) is 21.2 Å². The lowest BCUT2D eigenvalue weighted by molar-refractivity contribution is 0.0922. The molecule has 3 atom stereocenters. The molecule has 2 aromatic carbocycles. The Kier molecular flexibility index (Phi) is 6.22. The van der Waals surface area contributed by atoms with Crippen molar-refractivity contribution >= 4 is 5.91 Å². The number of rotatable bonds is 6. The van der Waals surface area contributed by atoms with E-state index >= 15 is 0 Å². The zero-order valence-electron chi connectivity index (χ0n) is 17.1. The van der Waals surface area contributed by atoms with Crippen LogP contribution in [0.1, 0.15) is 40.0 Å². The maximum absolute atomic E-state index is 12.8. The molecule has 31 heavy (non-hydrogen) atoms. The van der Waals surface area contributed by atoms with Crippen molar-refractivity contribution in [2.75, 3.05) is 0 Å². The van der Waals surface area contributed by atoms with Crippen LogP contribution in [0.5, 0.6) is 5.75 Å². The van der Waals surface area contributed by atoms with Gasteiger partial charge in [0.15, 0.2) is 0 Å². The number of ether oxygens (including phenoxy) is 1. The molecule has 1 aromatic heterocycles. The van der Waals surface area contributed by atoms with Gasteiger partial charge in [-0.2, -0.15) is 5.26 Å². The van der Waals surface area contributed by atoms with E-state index in [1.54, 1.807) is 42.7 Å². The third-order valence-electron chi connectivity index (χ3n) is 5.43. The van der Waals surface area contributed by atoms with Gasteiger partial charge in [0.25, 0.3) is 5.91 Å². The van der Waals surface area contributed by atoms with Crippen molar-refractivity contribution < 1.29 is 9.53 Å². The normalized spacial score (nSPS) is 20.1. The van der Waals surface area contributed by atoms with Gasteiger partial charge in [-0.1, -0.05) is 31.2 Å². The molecular formula is C24H23N5O2. The number of carbonyl (C=O) groups excluding carboxylic acids is 1. The van der Waals surface area contributed by atoms with Crippen LogP contribution >= 0.6 is 0 Å². The van der Waals surface area contributed by atoms with Gasteiger partial charge in [-0.05, 0) is 42.0 Å². The van der Waals surface area contributed by atoms with Crippen molar-refractivity contribution in [2.45, 2.75) is 25.7 Å². The summed E-state index contributed by atoms with van der Waals surface area (Å²) >= 11 is 0. The fourth-order valence-electron chi connectivity index (χ4n) is 3.63. The number of hydrogen-bond acceptors (Lipinski definition) is 6. The largest absolute Gasteiger partial charge is 0.489 e. The minimum Gasteiger partial charge on any atom is -0.489 e. The van der Waals surface area contributed by atoms with E-state index in [4.69, 9.17) is 4.74 Å². The number of amides is 1. The smallest absolute Gasteiger partial charge is 0.252 e. The Hall–Kier alpha value is -3.73. The number of benzene rings is 2. The van der Waals surface area contributed by atoms with Crippen molar-refractivity contribution in [3.05, 3.63) is 95.3 Å². The summed E-state index contributed by atoms with van der Waals surface area (Å²) in [6.07, 6.45) is 3.30. The maximum Gasteiger partial charge on any atom is 0.252 e. The van der Waals surface area contributed by atoms with Gasteiger partial charge in [0.1, 0.15) is 12.4 Å². The summed E-state index contributed by atoms with van der Waals surface area (Å²) in [6, 6.07) is 20.5. The molecule has 0 bridgehead atoms. The highest BCUT2D eigenvalue weighted by molar-refractivity contribution is 5.94. The Morgan fingerprint density at radius 1 is 1.13 bits per heavy atom. The number of hydrogen-bond donors (Lipinski definition) is 3. The van der Waals surface area contributed by atoms with Crippen molar-refractivity contribution in [3.63, 3.8) is 0 Å². The lowest BCUT2D eigenvalue weighted by atomic mass is 9.95. The summed E-state index contributed by atoms with van der Waals surface area (Å²) in [7, 11) is 0. The molecule has 4 rings (SSSR count).